The first-order chi connectivity index (χ1) is 15.1. The van der Waals surface area contributed by atoms with Crippen molar-refractivity contribution in [3.05, 3.63) is 23.3 Å². The van der Waals surface area contributed by atoms with Gasteiger partial charge in [0.2, 0.25) is 0 Å². The average molecular weight is 441 g/mol. The summed E-state index contributed by atoms with van der Waals surface area (Å²) in [6.45, 7) is 17.3. The first-order valence-electron chi connectivity index (χ1n) is 14.1. The largest absolute Gasteiger partial charge is 0.393 e. The second kappa shape index (κ2) is 8.90. The summed E-state index contributed by atoms with van der Waals surface area (Å²) in [6, 6.07) is 0. The molecule has 0 spiro atoms. The Balaban J connectivity index is 1.47. The zero-order chi connectivity index (χ0) is 23.3. The molecule has 4 aliphatic carbocycles. The molecule has 1 N–H and O–H groups in total. The molecule has 0 unspecified atom stereocenters. The third kappa shape index (κ3) is 3.97. The lowest BCUT2D eigenvalue weighted by molar-refractivity contribution is -0.0575. The lowest BCUT2D eigenvalue weighted by atomic mass is 9.47. The van der Waals surface area contributed by atoms with E-state index in [0.29, 0.717) is 16.2 Å². The van der Waals surface area contributed by atoms with E-state index in [1.54, 1.807) is 11.1 Å². The Labute approximate surface area is 199 Å². The first kappa shape index (κ1) is 24.6. The molecule has 0 saturated heterocycles. The molecular weight excluding hydrogens is 388 g/mol. The van der Waals surface area contributed by atoms with Gasteiger partial charge in [0.05, 0.1) is 6.10 Å². The minimum Gasteiger partial charge on any atom is -0.393 e. The maximum absolute atomic E-state index is 10.3. The Hall–Kier alpha value is -0.560. The van der Waals surface area contributed by atoms with E-state index < -0.39 is 0 Å². The van der Waals surface area contributed by atoms with Crippen molar-refractivity contribution in [2.24, 2.45) is 45.8 Å². The maximum atomic E-state index is 10.3. The van der Waals surface area contributed by atoms with E-state index in [9.17, 15) is 5.11 Å². The van der Waals surface area contributed by atoms with E-state index in [0.717, 1.165) is 42.4 Å². The van der Waals surface area contributed by atoms with Crippen LogP contribution in [0.4, 0.5) is 0 Å². The highest BCUT2D eigenvalue weighted by Crippen LogP contribution is 2.67. The van der Waals surface area contributed by atoms with E-state index >= 15 is 0 Å². The van der Waals surface area contributed by atoms with Gasteiger partial charge >= 0.3 is 0 Å². The van der Waals surface area contributed by atoms with E-state index in [1.807, 2.05) is 0 Å². The molecule has 0 aromatic carbocycles. The van der Waals surface area contributed by atoms with Gasteiger partial charge in [-0.3, -0.25) is 0 Å². The SMILES string of the molecule is C/C=C(/CC)C(C)(C)CC[C@@H](C)[C@H]1CC[C@H]2[C@@H]3CC=C4C[C@@H](O)CC[C@]4(C)[C@H]3CC[C@]12C. The predicted molar refractivity (Wildman–Crippen MR) is 137 cm³/mol. The van der Waals surface area contributed by atoms with Gasteiger partial charge in [-0.05, 0) is 123 Å². The number of aliphatic hydroxyl groups is 1. The van der Waals surface area contributed by atoms with Crippen molar-refractivity contribution in [3.63, 3.8) is 0 Å². The van der Waals surface area contributed by atoms with Crippen molar-refractivity contribution in [3.8, 4) is 0 Å². The molecule has 1 heteroatoms. The van der Waals surface area contributed by atoms with Crippen LogP contribution in [0.5, 0.6) is 0 Å². The number of hydrogen-bond acceptors (Lipinski definition) is 1. The van der Waals surface area contributed by atoms with Crippen LogP contribution in [0.15, 0.2) is 23.3 Å². The van der Waals surface area contributed by atoms with E-state index in [-0.39, 0.29) is 6.10 Å². The van der Waals surface area contributed by atoms with Crippen LogP contribution in [0.2, 0.25) is 0 Å². The lowest BCUT2D eigenvalue weighted by Gasteiger charge is -2.58. The third-order valence-electron chi connectivity index (χ3n) is 11.7. The quantitative estimate of drug-likeness (QED) is 0.409. The minimum atomic E-state index is -0.0866. The molecule has 0 aliphatic heterocycles. The topological polar surface area (TPSA) is 20.2 Å². The molecule has 0 heterocycles. The Kier molecular flexibility index (Phi) is 6.83. The van der Waals surface area contributed by atoms with Crippen LogP contribution < -0.4 is 0 Å². The Bertz CT molecular complexity index is 744. The highest BCUT2D eigenvalue weighted by molar-refractivity contribution is 5.25. The van der Waals surface area contributed by atoms with E-state index in [1.165, 1.54) is 57.8 Å². The molecule has 3 saturated carbocycles. The summed E-state index contributed by atoms with van der Waals surface area (Å²) in [5.41, 5.74) is 4.52. The maximum Gasteiger partial charge on any atom is 0.0577 e. The van der Waals surface area contributed by atoms with Gasteiger partial charge in [0, 0.05) is 0 Å². The molecule has 0 bridgehead atoms. The van der Waals surface area contributed by atoms with Crippen LogP contribution in [0.1, 0.15) is 119 Å². The van der Waals surface area contributed by atoms with Crippen molar-refractivity contribution in [2.45, 2.75) is 125 Å². The third-order valence-corrected chi connectivity index (χ3v) is 11.7. The second-order valence-electron chi connectivity index (χ2n) is 13.5. The molecule has 4 rings (SSSR count). The molecule has 182 valence electrons. The van der Waals surface area contributed by atoms with Crippen molar-refractivity contribution in [1.29, 1.82) is 0 Å². The Morgan fingerprint density at radius 2 is 1.91 bits per heavy atom. The van der Waals surface area contributed by atoms with Crippen LogP contribution in [0.25, 0.3) is 0 Å². The predicted octanol–water partition coefficient (Wildman–Crippen LogP) is 8.73. The number of hydrogen-bond donors (Lipinski definition) is 1. The molecule has 1 nitrogen and oxygen atoms in total. The summed E-state index contributed by atoms with van der Waals surface area (Å²) in [7, 11) is 0. The molecule has 0 aromatic rings. The molecule has 0 aromatic heterocycles. The Morgan fingerprint density at radius 1 is 1.16 bits per heavy atom. The molecule has 0 amide bonds. The van der Waals surface area contributed by atoms with Gasteiger partial charge in [-0.25, -0.2) is 0 Å². The Morgan fingerprint density at radius 3 is 2.59 bits per heavy atom. The average Bonchev–Trinajstić information content (AvgIpc) is 3.10. The van der Waals surface area contributed by atoms with E-state index in [2.05, 4.69) is 60.6 Å². The monoisotopic (exact) mass is 440 g/mol. The van der Waals surface area contributed by atoms with Crippen molar-refractivity contribution >= 4 is 0 Å². The fourth-order valence-corrected chi connectivity index (χ4v) is 9.64. The zero-order valence-corrected chi connectivity index (χ0v) is 22.3. The van der Waals surface area contributed by atoms with Crippen molar-refractivity contribution in [1.82, 2.24) is 0 Å². The summed E-state index contributed by atoms with van der Waals surface area (Å²) < 4.78 is 0. The normalized spacial score (nSPS) is 43.2. The van der Waals surface area contributed by atoms with Crippen LogP contribution in [-0.4, -0.2) is 11.2 Å². The number of allylic oxidation sites excluding steroid dienone is 3. The number of fused-ring (bicyclic) bond motifs is 5. The molecule has 8 atom stereocenters. The fourth-order valence-electron chi connectivity index (χ4n) is 9.64. The van der Waals surface area contributed by atoms with Gasteiger partial charge in [0.25, 0.3) is 0 Å². The minimum absolute atomic E-state index is 0.0866. The molecule has 4 aliphatic rings. The molecule has 3 fully saturated rings. The van der Waals surface area contributed by atoms with Gasteiger partial charge in [-0.15, -0.1) is 0 Å². The lowest BCUT2D eigenvalue weighted by Crippen LogP contribution is -2.50. The van der Waals surface area contributed by atoms with Gasteiger partial charge in [-0.1, -0.05) is 64.8 Å². The highest BCUT2D eigenvalue weighted by atomic mass is 16.3. The molecular formula is C31H52O. The molecule has 0 radical (unpaired) electrons. The van der Waals surface area contributed by atoms with Crippen molar-refractivity contribution < 1.29 is 5.11 Å². The van der Waals surface area contributed by atoms with Gasteiger partial charge < -0.3 is 5.11 Å². The van der Waals surface area contributed by atoms with Crippen LogP contribution in [-0.2, 0) is 0 Å². The zero-order valence-electron chi connectivity index (χ0n) is 22.3. The smallest absolute Gasteiger partial charge is 0.0577 e. The van der Waals surface area contributed by atoms with Crippen LogP contribution in [0, 0.1) is 45.8 Å². The van der Waals surface area contributed by atoms with Gasteiger partial charge in [0.15, 0.2) is 0 Å². The van der Waals surface area contributed by atoms with Crippen LogP contribution >= 0.6 is 0 Å². The summed E-state index contributed by atoms with van der Waals surface area (Å²) in [5.74, 6) is 4.42. The van der Waals surface area contributed by atoms with Crippen molar-refractivity contribution in [2.75, 3.05) is 0 Å². The summed E-state index contributed by atoms with van der Waals surface area (Å²) in [6.07, 6.45) is 19.0. The van der Waals surface area contributed by atoms with Gasteiger partial charge in [-0.2, -0.15) is 0 Å². The summed E-state index contributed by atoms with van der Waals surface area (Å²) >= 11 is 0. The second-order valence-corrected chi connectivity index (χ2v) is 13.5. The standard InChI is InChI=1S/C31H52O/c1-8-22(9-2)29(4,5)17-14-21(3)26-12-13-27-25-11-10-23-20-24(32)15-18-30(23,6)28(25)16-19-31(26,27)7/h8,10,21,24-28,32H,9,11-20H2,1-7H3/b22-8-/t21-,24+,25+,26-,27+,28+,30+,31-/m1/s1. The highest BCUT2D eigenvalue weighted by Gasteiger charge is 2.59. The summed E-state index contributed by atoms with van der Waals surface area (Å²) in [4.78, 5) is 0. The number of aliphatic hydroxyl groups excluding tert-OH is 1. The van der Waals surface area contributed by atoms with Crippen LogP contribution in [0.3, 0.4) is 0 Å². The van der Waals surface area contributed by atoms with E-state index in [4.69, 9.17) is 0 Å². The molecule has 32 heavy (non-hydrogen) atoms. The number of rotatable bonds is 6. The summed E-state index contributed by atoms with van der Waals surface area (Å²) in [5, 5.41) is 10.3. The fraction of sp³-hybridized carbons (Fsp3) is 0.871. The first-order valence-corrected chi connectivity index (χ1v) is 14.1. The van der Waals surface area contributed by atoms with Gasteiger partial charge in [0.1, 0.15) is 0 Å².